The summed E-state index contributed by atoms with van der Waals surface area (Å²) in [5.74, 6) is 0. The van der Waals surface area contributed by atoms with Gasteiger partial charge in [-0.15, -0.1) is 11.3 Å². The summed E-state index contributed by atoms with van der Waals surface area (Å²) in [5.41, 5.74) is 4.14. The minimum atomic E-state index is 0.926. The van der Waals surface area contributed by atoms with E-state index in [0.717, 1.165) is 31.8 Å². The van der Waals surface area contributed by atoms with Gasteiger partial charge in [0, 0.05) is 16.3 Å². The molecule has 2 nitrogen and oxygen atoms in total. The van der Waals surface area contributed by atoms with E-state index in [9.17, 15) is 0 Å². The monoisotopic (exact) mass is 392 g/mol. The van der Waals surface area contributed by atoms with Crippen LogP contribution in [-0.2, 0) is 0 Å². The van der Waals surface area contributed by atoms with Gasteiger partial charge in [0.1, 0.15) is 5.01 Å². The molecule has 0 unspecified atom stereocenters. The minimum Gasteiger partial charge on any atom is -0.256 e. The van der Waals surface area contributed by atoms with Gasteiger partial charge in [-0.1, -0.05) is 52.3 Å². The van der Waals surface area contributed by atoms with Crippen LogP contribution in [0.3, 0.4) is 0 Å². The molecule has 0 saturated carbocycles. The fourth-order valence-electron chi connectivity index (χ4n) is 2.41. The number of aromatic nitrogens is 1. The second kappa shape index (κ2) is 6.67. The van der Waals surface area contributed by atoms with Gasteiger partial charge in [0.15, 0.2) is 0 Å². The van der Waals surface area contributed by atoms with Gasteiger partial charge in [-0.3, -0.25) is 4.99 Å². The summed E-state index contributed by atoms with van der Waals surface area (Å²) in [6.07, 6.45) is 1.88. The first-order chi connectivity index (χ1) is 11.8. The molecule has 0 spiro atoms. The van der Waals surface area contributed by atoms with Crippen molar-refractivity contribution in [2.45, 2.75) is 0 Å². The van der Waals surface area contributed by atoms with Crippen molar-refractivity contribution in [3.63, 3.8) is 0 Å². The summed E-state index contributed by atoms with van der Waals surface area (Å²) < 4.78 is 2.27. The van der Waals surface area contributed by atoms with E-state index in [1.807, 2.05) is 60.8 Å². The van der Waals surface area contributed by atoms with Crippen LogP contribution in [0, 0.1) is 0 Å². The van der Waals surface area contributed by atoms with Crippen molar-refractivity contribution in [2.24, 2.45) is 4.99 Å². The highest BCUT2D eigenvalue weighted by atomic mass is 79.9. The highest BCUT2D eigenvalue weighted by molar-refractivity contribution is 9.10. The van der Waals surface area contributed by atoms with Crippen LogP contribution in [0.1, 0.15) is 5.56 Å². The highest BCUT2D eigenvalue weighted by Gasteiger charge is 2.06. The molecule has 0 fully saturated rings. The van der Waals surface area contributed by atoms with Crippen molar-refractivity contribution in [1.29, 1.82) is 0 Å². The summed E-state index contributed by atoms with van der Waals surface area (Å²) >= 11 is 5.15. The Hall–Kier alpha value is -2.30. The molecule has 0 atom stereocenters. The number of nitrogens with zero attached hydrogens (tertiary/aromatic N) is 2. The number of aliphatic imine (C=N–C) groups is 1. The van der Waals surface area contributed by atoms with Crippen molar-refractivity contribution in [1.82, 2.24) is 4.98 Å². The normalized spacial score (nSPS) is 11.4. The molecular formula is C20H13BrN2S. The summed E-state index contributed by atoms with van der Waals surface area (Å²) in [4.78, 5) is 9.30. The predicted octanol–water partition coefficient (Wildman–Crippen LogP) is 6.48. The average Bonchev–Trinajstić information content (AvgIpc) is 3.06. The SMILES string of the molecule is Brc1ccc(C=Nc2cccc(-c3nc4ccccc4s3)c2)cc1. The number of para-hydroxylation sites is 1. The lowest BCUT2D eigenvalue weighted by Gasteiger charge is -1.99. The molecule has 1 aromatic heterocycles. The lowest BCUT2D eigenvalue weighted by Crippen LogP contribution is -1.80. The molecule has 24 heavy (non-hydrogen) atoms. The molecule has 0 saturated heterocycles. The quantitative estimate of drug-likeness (QED) is 0.366. The van der Waals surface area contributed by atoms with E-state index in [0.29, 0.717) is 0 Å². The standard InChI is InChI=1S/C20H13BrN2S/c21-16-10-8-14(9-11-16)13-22-17-5-3-4-15(12-17)20-23-18-6-1-2-7-19(18)24-20/h1-13H. The molecule has 3 aromatic carbocycles. The van der Waals surface area contributed by atoms with E-state index in [4.69, 9.17) is 4.98 Å². The maximum absolute atomic E-state index is 4.71. The summed E-state index contributed by atoms with van der Waals surface area (Å²) in [7, 11) is 0. The number of thiazole rings is 1. The molecule has 116 valence electrons. The van der Waals surface area contributed by atoms with E-state index < -0.39 is 0 Å². The first-order valence-corrected chi connectivity index (χ1v) is 9.14. The number of halogens is 1. The van der Waals surface area contributed by atoms with E-state index in [1.54, 1.807) is 11.3 Å². The molecule has 0 aliphatic carbocycles. The van der Waals surface area contributed by atoms with Crippen molar-refractivity contribution in [3.8, 4) is 10.6 Å². The fourth-order valence-corrected chi connectivity index (χ4v) is 3.64. The van der Waals surface area contributed by atoms with Gasteiger partial charge in [-0.05, 0) is 42.0 Å². The van der Waals surface area contributed by atoms with Crippen molar-refractivity contribution >= 4 is 49.4 Å². The lowest BCUT2D eigenvalue weighted by atomic mass is 10.2. The maximum Gasteiger partial charge on any atom is 0.124 e. The largest absolute Gasteiger partial charge is 0.256 e. The van der Waals surface area contributed by atoms with Crippen molar-refractivity contribution < 1.29 is 0 Å². The highest BCUT2D eigenvalue weighted by Crippen LogP contribution is 2.31. The molecule has 1 heterocycles. The maximum atomic E-state index is 4.71. The molecule has 0 aliphatic rings. The minimum absolute atomic E-state index is 0.926. The van der Waals surface area contributed by atoms with E-state index in [-0.39, 0.29) is 0 Å². The number of benzene rings is 3. The van der Waals surface area contributed by atoms with Crippen molar-refractivity contribution in [2.75, 3.05) is 0 Å². The molecule has 0 bridgehead atoms. The topological polar surface area (TPSA) is 25.2 Å². The smallest absolute Gasteiger partial charge is 0.124 e. The van der Waals surface area contributed by atoms with Gasteiger partial charge in [0.05, 0.1) is 15.9 Å². The number of rotatable bonds is 3. The average molecular weight is 393 g/mol. The van der Waals surface area contributed by atoms with Crippen LogP contribution in [0.2, 0.25) is 0 Å². The Morgan fingerprint density at radius 1 is 0.917 bits per heavy atom. The first kappa shape index (κ1) is 15.2. The fraction of sp³-hybridized carbons (Fsp3) is 0. The number of hydrogen-bond donors (Lipinski definition) is 0. The molecule has 4 heteroatoms. The van der Waals surface area contributed by atoms with E-state index >= 15 is 0 Å². The Balaban J connectivity index is 1.64. The van der Waals surface area contributed by atoms with Crippen LogP contribution in [0.4, 0.5) is 5.69 Å². The van der Waals surface area contributed by atoms with E-state index in [1.165, 1.54) is 4.70 Å². The third-order valence-electron chi connectivity index (χ3n) is 3.62. The van der Waals surface area contributed by atoms with Gasteiger partial charge in [0.2, 0.25) is 0 Å². The molecule has 0 N–H and O–H groups in total. The molecule has 4 aromatic rings. The van der Waals surface area contributed by atoms with Crippen LogP contribution >= 0.6 is 27.3 Å². The van der Waals surface area contributed by atoms with Crippen LogP contribution in [-0.4, -0.2) is 11.2 Å². The zero-order valence-corrected chi connectivity index (χ0v) is 15.1. The van der Waals surface area contributed by atoms with Gasteiger partial charge in [-0.25, -0.2) is 4.98 Å². The summed E-state index contributed by atoms with van der Waals surface area (Å²) in [6, 6.07) is 24.5. The van der Waals surface area contributed by atoms with Gasteiger partial charge in [0.25, 0.3) is 0 Å². The van der Waals surface area contributed by atoms with E-state index in [2.05, 4.69) is 39.1 Å². The molecule has 0 radical (unpaired) electrons. The van der Waals surface area contributed by atoms with Gasteiger partial charge in [-0.2, -0.15) is 0 Å². The summed E-state index contributed by atoms with van der Waals surface area (Å²) in [5, 5.41) is 1.02. The second-order valence-electron chi connectivity index (χ2n) is 5.35. The van der Waals surface area contributed by atoms with Crippen LogP contribution in [0.5, 0.6) is 0 Å². The zero-order chi connectivity index (χ0) is 16.4. The second-order valence-corrected chi connectivity index (χ2v) is 7.29. The predicted molar refractivity (Wildman–Crippen MR) is 106 cm³/mol. The lowest BCUT2D eigenvalue weighted by molar-refractivity contribution is 1.46. The van der Waals surface area contributed by atoms with Gasteiger partial charge < -0.3 is 0 Å². The first-order valence-electron chi connectivity index (χ1n) is 7.54. The molecule has 4 rings (SSSR count). The Bertz CT molecular complexity index is 986. The number of hydrogen-bond acceptors (Lipinski definition) is 3. The van der Waals surface area contributed by atoms with Crippen LogP contribution < -0.4 is 0 Å². The Labute approximate surface area is 152 Å². The Morgan fingerprint density at radius 2 is 1.75 bits per heavy atom. The zero-order valence-electron chi connectivity index (χ0n) is 12.7. The third kappa shape index (κ3) is 3.30. The van der Waals surface area contributed by atoms with Gasteiger partial charge >= 0.3 is 0 Å². The van der Waals surface area contributed by atoms with Crippen LogP contribution in [0.15, 0.2) is 82.3 Å². The summed E-state index contributed by atoms with van der Waals surface area (Å²) in [6.45, 7) is 0. The Morgan fingerprint density at radius 3 is 2.58 bits per heavy atom. The molecule has 0 aliphatic heterocycles. The number of fused-ring (bicyclic) bond motifs is 1. The third-order valence-corrected chi connectivity index (χ3v) is 5.23. The van der Waals surface area contributed by atoms with Crippen LogP contribution in [0.25, 0.3) is 20.8 Å². The molecule has 0 amide bonds. The van der Waals surface area contributed by atoms with Crippen molar-refractivity contribution in [3.05, 3.63) is 82.8 Å². The molecular weight excluding hydrogens is 380 g/mol. The Kier molecular flexibility index (Phi) is 4.24.